The molecular weight excluding hydrogens is 480 g/mol. The van der Waals surface area contributed by atoms with E-state index in [0.29, 0.717) is 21.8 Å². The van der Waals surface area contributed by atoms with Crippen molar-refractivity contribution in [2.75, 3.05) is 7.11 Å². The van der Waals surface area contributed by atoms with Crippen molar-refractivity contribution in [3.8, 4) is 16.9 Å². The molecule has 0 saturated carbocycles. The Morgan fingerprint density at radius 1 is 0.771 bits per heavy atom. The largest absolute Gasteiger partial charge is 0.497 e. The molecule has 6 aromatic rings. The number of benzene rings is 3. The lowest BCUT2D eigenvalue weighted by molar-refractivity contribution is 0.415. The number of nitrogens with zero attached hydrogens (tertiary/aromatic N) is 2. The molecule has 35 heavy (non-hydrogen) atoms. The van der Waals surface area contributed by atoms with Crippen LogP contribution in [0.1, 0.15) is 5.56 Å². The van der Waals surface area contributed by atoms with E-state index in [1.165, 1.54) is 3.97 Å². The van der Waals surface area contributed by atoms with Gasteiger partial charge in [-0.1, -0.05) is 41.4 Å². The second kappa shape index (κ2) is 7.90. The summed E-state index contributed by atoms with van der Waals surface area (Å²) in [6.45, 7) is 1.93. The Balaban J connectivity index is 1.66. The van der Waals surface area contributed by atoms with Gasteiger partial charge >= 0.3 is 0 Å². The van der Waals surface area contributed by atoms with Gasteiger partial charge in [-0.25, -0.2) is 12.4 Å². The normalized spacial score (nSPS) is 12.1. The van der Waals surface area contributed by atoms with Gasteiger partial charge < -0.3 is 9.14 Å². The first-order valence-corrected chi connectivity index (χ1v) is 12.9. The van der Waals surface area contributed by atoms with E-state index in [-0.39, 0.29) is 4.90 Å². The van der Waals surface area contributed by atoms with Gasteiger partial charge in [0.2, 0.25) is 0 Å². The summed E-state index contributed by atoms with van der Waals surface area (Å²) in [7, 11) is -2.30. The van der Waals surface area contributed by atoms with Crippen LogP contribution in [0, 0.1) is 6.92 Å². The van der Waals surface area contributed by atoms with E-state index in [2.05, 4.69) is 0 Å². The number of methoxy groups -OCH3 is 1. The number of hydrogen-bond donors (Lipinski definition) is 0. The Morgan fingerprint density at radius 3 is 2.20 bits per heavy atom. The second-order valence-electron chi connectivity index (χ2n) is 8.61. The van der Waals surface area contributed by atoms with E-state index < -0.39 is 10.0 Å². The van der Waals surface area contributed by atoms with Crippen molar-refractivity contribution >= 4 is 48.9 Å². The van der Waals surface area contributed by atoms with Crippen molar-refractivity contribution in [3.63, 3.8) is 0 Å². The molecule has 0 fully saturated rings. The van der Waals surface area contributed by atoms with Crippen LogP contribution in [-0.4, -0.2) is 23.9 Å². The molecule has 3 aromatic carbocycles. The first kappa shape index (κ1) is 21.8. The number of hydrogen-bond acceptors (Lipinski definition) is 3. The van der Waals surface area contributed by atoms with Crippen LogP contribution in [0.2, 0.25) is 5.02 Å². The van der Waals surface area contributed by atoms with Crippen molar-refractivity contribution in [2.24, 2.45) is 0 Å². The van der Waals surface area contributed by atoms with E-state index in [1.807, 2.05) is 84.4 Å². The van der Waals surface area contributed by atoms with Gasteiger partial charge in [-0.05, 0) is 61.0 Å². The maximum absolute atomic E-state index is 13.9. The number of rotatable bonds is 4. The molecule has 3 heterocycles. The lowest BCUT2D eigenvalue weighted by Gasteiger charge is -2.10. The summed E-state index contributed by atoms with van der Waals surface area (Å²) in [5, 5.41) is 2.35. The topological polar surface area (TPSA) is 52.7 Å². The summed E-state index contributed by atoms with van der Waals surface area (Å²) >= 11 is 6.06. The van der Waals surface area contributed by atoms with Gasteiger partial charge in [-0.15, -0.1) is 0 Å². The second-order valence-corrected chi connectivity index (χ2v) is 10.8. The predicted molar refractivity (Wildman–Crippen MR) is 141 cm³/mol. The zero-order chi connectivity index (χ0) is 24.3. The van der Waals surface area contributed by atoms with Crippen molar-refractivity contribution in [3.05, 3.63) is 102 Å². The average Bonchev–Trinajstić information content (AvgIpc) is 3.41. The first-order chi connectivity index (χ1) is 16.8. The Hall–Kier alpha value is -3.74. The maximum Gasteiger partial charge on any atom is 0.268 e. The summed E-state index contributed by atoms with van der Waals surface area (Å²) in [5.41, 5.74) is 5.13. The summed E-state index contributed by atoms with van der Waals surface area (Å²) < 4.78 is 36.7. The number of aromatic nitrogens is 2. The zero-order valence-electron chi connectivity index (χ0n) is 19.1. The first-order valence-electron chi connectivity index (χ1n) is 11.1. The summed E-state index contributed by atoms with van der Waals surface area (Å²) in [6.07, 6.45) is 4.03. The Labute approximate surface area is 207 Å². The third-order valence-corrected chi connectivity index (χ3v) is 8.37. The SMILES string of the molecule is COc1ccc2c3cn4cc(-c5ccc(Cl)cc5)cc4cc3n(S(=O)(=O)c3ccc(C)cc3)c2c1. The minimum Gasteiger partial charge on any atom is -0.497 e. The summed E-state index contributed by atoms with van der Waals surface area (Å²) in [5.74, 6) is 0.595. The van der Waals surface area contributed by atoms with E-state index in [0.717, 1.165) is 33.0 Å². The molecule has 0 radical (unpaired) electrons. The van der Waals surface area contributed by atoms with Crippen molar-refractivity contribution < 1.29 is 13.2 Å². The van der Waals surface area contributed by atoms with Crippen LogP contribution < -0.4 is 4.74 Å². The molecule has 5 nitrogen and oxygen atoms in total. The minimum atomic E-state index is -3.87. The standard InChI is InChI=1S/C28H21ClN2O3S/c1-18-3-10-24(11-4-18)35(32,33)31-27-14-22-13-20(19-5-7-21(29)8-6-19)16-30(22)17-26(27)25-12-9-23(34-2)15-28(25)31/h3-17H,1-2H3. The molecule has 7 heteroatoms. The maximum atomic E-state index is 13.9. The van der Waals surface area contributed by atoms with Crippen LogP contribution in [0.4, 0.5) is 0 Å². The highest BCUT2D eigenvalue weighted by Gasteiger charge is 2.24. The fourth-order valence-electron chi connectivity index (χ4n) is 4.56. The predicted octanol–water partition coefficient (Wildman–Crippen LogP) is 6.92. The molecule has 0 atom stereocenters. The van der Waals surface area contributed by atoms with Crippen LogP contribution in [0.5, 0.6) is 5.75 Å². The van der Waals surface area contributed by atoms with Crippen LogP contribution in [-0.2, 0) is 10.0 Å². The van der Waals surface area contributed by atoms with Crippen LogP contribution in [0.15, 0.2) is 96.2 Å². The van der Waals surface area contributed by atoms with Gasteiger partial charge in [0.05, 0.1) is 23.0 Å². The third-order valence-electron chi connectivity index (χ3n) is 6.38. The van der Waals surface area contributed by atoms with Crippen LogP contribution in [0.25, 0.3) is 38.4 Å². The fraction of sp³-hybridized carbons (Fsp3) is 0.0714. The molecule has 0 N–H and O–H groups in total. The highest BCUT2D eigenvalue weighted by molar-refractivity contribution is 7.90. The van der Waals surface area contributed by atoms with Crippen molar-refractivity contribution in [1.29, 1.82) is 0 Å². The summed E-state index contributed by atoms with van der Waals surface area (Å²) in [4.78, 5) is 0.238. The highest BCUT2D eigenvalue weighted by Crippen LogP contribution is 2.36. The molecule has 0 bridgehead atoms. The molecular formula is C28H21ClN2O3S. The number of pyridine rings is 1. The molecule has 6 rings (SSSR count). The number of ether oxygens (including phenoxy) is 1. The Bertz CT molecular complexity index is 1850. The number of aryl methyl sites for hydroxylation is 1. The highest BCUT2D eigenvalue weighted by atomic mass is 35.5. The minimum absolute atomic E-state index is 0.238. The van der Waals surface area contributed by atoms with E-state index in [1.54, 1.807) is 25.3 Å². The Kier molecular flexibility index (Phi) is 4.91. The molecule has 0 unspecified atom stereocenters. The monoisotopic (exact) mass is 500 g/mol. The average molecular weight is 501 g/mol. The van der Waals surface area contributed by atoms with E-state index in [4.69, 9.17) is 16.3 Å². The van der Waals surface area contributed by atoms with Gasteiger partial charge in [0.1, 0.15) is 5.75 Å². The third kappa shape index (κ3) is 3.49. The molecule has 0 spiro atoms. The number of halogens is 1. The molecule has 3 aromatic heterocycles. The van der Waals surface area contributed by atoms with Gasteiger partial charge in [0.25, 0.3) is 10.0 Å². The quantitative estimate of drug-likeness (QED) is 0.264. The van der Waals surface area contributed by atoms with Crippen molar-refractivity contribution in [1.82, 2.24) is 8.37 Å². The van der Waals surface area contributed by atoms with Gasteiger partial charge in [0, 0.05) is 45.3 Å². The Morgan fingerprint density at radius 2 is 1.49 bits per heavy atom. The molecule has 0 aliphatic heterocycles. The fourth-order valence-corrected chi connectivity index (χ4v) is 6.20. The van der Waals surface area contributed by atoms with Gasteiger partial charge in [0.15, 0.2) is 0 Å². The van der Waals surface area contributed by atoms with Crippen LogP contribution >= 0.6 is 11.6 Å². The molecule has 0 amide bonds. The van der Waals surface area contributed by atoms with Crippen LogP contribution in [0.3, 0.4) is 0 Å². The number of fused-ring (bicyclic) bond motifs is 4. The van der Waals surface area contributed by atoms with Gasteiger partial charge in [-0.3, -0.25) is 0 Å². The molecule has 174 valence electrons. The van der Waals surface area contributed by atoms with Gasteiger partial charge in [-0.2, -0.15) is 0 Å². The smallest absolute Gasteiger partial charge is 0.268 e. The molecule has 0 saturated heterocycles. The lowest BCUT2D eigenvalue weighted by atomic mass is 10.1. The van der Waals surface area contributed by atoms with E-state index in [9.17, 15) is 8.42 Å². The van der Waals surface area contributed by atoms with E-state index >= 15 is 0 Å². The molecule has 0 aliphatic rings. The van der Waals surface area contributed by atoms with Crippen molar-refractivity contribution in [2.45, 2.75) is 11.8 Å². The zero-order valence-corrected chi connectivity index (χ0v) is 20.6. The molecule has 0 aliphatic carbocycles. The lowest BCUT2D eigenvalue weighted by Crippen LogP contribution is -2.12. The summed E-state index contributed by atoms with van der Waals surface area (Å²) in [6, 6.07) is 24.1.